The Balaban J connectivity index is 2.05. The minimum absolute atomic E-state index is 0.210. The minimum Gasteiger partial charge on any atom is -0.444 e. The monoisotopic (exact) mass is 270 g/mol. The zero-order chi connectivity index (χ0) is 14.4. The van der Waals surface area contributed by atoms with Crippen molar-refractivity contribution in [2.24, 2.45) is 17.6 Å². The van der Waals surface area contributed by atoms with Gasteiger partial charge in [0, 0.05) is 32.2 Å². The van der Waals surface area contributed by atoms with E-state index >= 15 is 0 Å². The van der Waals surface area contributed by atoms with E-state index in [-0.39, 0.29) is 17.7 Å². The Morgan fingerprint density at radius 3 is 2.47 bits per heavy atom. The van der Waals surface area contributed by atoms with Gasteiger partial charge in [0.25, 0.3) is 0 Å². The second kappa shape index (κ2) is 4.63. The van der Waals surface area contributed by atoms with Gasteiger partial charge in [0.2, 0.25) is 0 Å². The number of carbonyl (C=O) groups is 1. The lowest BCUT2D eigenvalue weighted by Crippen LogP contribution is -2.57. The molecular weight excluding hydrogens is 244 g/mol. The van der Waals surface area contributed by atoms with Gasteiger partial charge in [-0.2, -0.15) is 0 Å². The normalized spacial score (nSPS) is 32.7. The number of methoxy groups -OCH3 is 1. The molecule has 2 aliphatic heterocycles. The van der Waals surface area contributed by atoms with Crippen LogP contribution in [0.15, 0.2) is 0 Å². The van der Waals surface area contributed by atoms with Crippen molar-refractivity contribution in [3.05, 3.63) is 0 Å². The molecule has 2 unspecified atom stereocenters. The lowest BCUT2D eigenvalue weighted by atomic mass is 9.65. The number of rotatable bonds is 3. The number of nitrogens with two attached hydrogens (primary N) is 1. The zero-order valence-corrected chi connectivity index (χ0v) is 12.6. The molecule has 2 N–H and O–H groups in total. The van der Waals surface area contributed by atoms with Crippen molar-refractivity contribution < 1.29 is 14.3 Å². The molecule has 0 spiro atoms. The molecule has 1 saturated carbocycles. The summed E-state index contributed by atoms with van der Waals surface area (Å²) in [6.45, 7) is 8.95. The summed E-state index contributed by atoms with van der Waals surface area (Å²) >= 11 is 0. The first-order chi connectivity index (χ1) is 8.72. The molecule has 2 bridgehead atoms. The van der Waals surface area contributed by atoms with Crippen LogP contribution in [-0.4, -0.2) is 48.4 Å². The first-order valence-electron chi connectivity index (χ1n) is 6.96. The third-order valence-electron chi connectivity index (χ3n) is 4.50. The standard InChI is InChI=1S/C14H26N2O3/c1-13(2,3)19-12(17)16-7-9-6-10(16)11(9)14(4,8-15)18-5/h9-11H,6-8,15H2,1-5H3/t9-,10-,11?,14?/m0/s1. The number of carbonyl (C=O) groups excluding carboxylic acids is 1. The predicted octanol–water partition coefficient (Wildman–Crippen LogP) is 1.61. The van der Waals surface area contributed by atoms with Crippen LogP contribution >= 0.6 is 0 Å². The second-order valence-electron chi connectivity index (χ2n) is 6.94. The van der Waals surface area contributed by atoms with Crippen molar-refractivity contribution in [1.29, 1.82) is 0 Å². The van der Waals surface area contributed by atoms with Gasteiger partial charge in [-0.05, 0) is 40.0 Å². The van der Waals surface area contributed by atoms with E-state index in [9.17, 15) is 4.79 Å². The fourth-order valence-electron chi connectivity index (χ4n) is 3.41. The van der Waals surface area contributed by atoms with E-state index in [2.05, 4.69) is 0 Å². The van der Waals surface area contributed by atoms with Gasteiger partial charge in [0.05, 0.1) is 5.60 Å². The second-order valence-corrected chi connectivity index (χ2v) is 6.94. The van der Waals surface area contributed by atoms with Crippen molar-refractivity contribution >= 4 is 6.09 Å². The highest BCUT2D eigenvalue weighted by molar-refractivity contribution is 5.70. The van der Waals surface area contributed by atoms with Gasteiger partial charge in [-0.25, -0.2) is 4.79 Å². The van der Waals surface area contributed by atoms with E-state index in [0.717, 1.165) is 13.0 Å². The van der Waals surface area contributed by atoms with Crippen LogP contribution in [0.2, 0.25) is 0 Å². The predicted molar refractivity (Wildman–Crippen MR) is 72.8 cm³/mol. The molecule has 3 rings (SSSR count). The summed E-state index contributed by atoms with van der Waals surface area (Å²) in [7, 11) is 1.70. The van der Waals surface area contributed by atoms with Gasteiger partial charge in [-0.1, -0.05) is 0 Å². The summed E-state index contributed by atoms with van der Waals surface area (Å²) in [6.07, 6.45) is 0.834. The molecule has 0 radical (unpaired) electrons. The average molecular weight is 270 g/mol. The maximum Gasteiger partial charge on any atom is 0.410 e. The lowest BCUT2D eigenvalue weighted by molar-refractivity contribution is -0.0907. The SMILES string of the molecule is COC(C)(CN)C1[C@H]2C[C@@H]1N(C(=O)OC(C)(C)C)C2. The fraction of sp³-hybridized carbons (Fsp3) is 0.929. The Labute approximate surface area is 115 Å². The highest BCUT2D eigenvalue weighted by Gasteiger charge is 2.60. The number of fused-ring (bicyclic) bond motifs is 1. The van der Waals surface area contributed by atoms with Gasteiger partial charge < -0.3 is 20.1 Å². The van der Waals surface area contributed by atoms with Crippen molar-refractivity contribution in [1.82, 2.24) is 4.90 Å². The van der Waals surface area contributed by atoms with Crippen LogP contribution in [0, 0.1) is 11.8 Å². The summed E-state index contributed by atoms with van der Waals surface area (Å²) in [6, 6.07) is 0.216. The molecule has 1 aliphatic carbocycles. The smallest absolute Gasteiger partial charge is 0.410 e. The molecule has 2 heterocycles. The van der Waals surface area contributed by atoms with Crippen LogP contribution in [0.1, 0.15) is 34.1 Å². The lowest BCUT2D eigenvalue weighted by Gasteiger charge is -2.47. The third-order valence-corrected chi connectivity index (χ3v) is 4.50. The van der Waals surface area contributed by atoms with Crippen LogP contribution in [0.3, 0.4) is 0 Å². The summed E-state index contributed by atoms with van der Waals surface area (Å²) in [5.41, 5.74) is 5.05. The molecule has 3 aliphatic rings. The van der Waals surface area contributed by atoms with Gasteiger partial charge >= 0.3 is 6.09 Å². The first kappa shape index (κ1) is 14.6. The van der Waals surface area contributed by atoms with Crippen LogP contribution in [-0.2, 0) is 9.47 Å². The fourth-order valence-corrected chi connectivity index (χ4v) is 3.41. The number of ether oxygens (including phenoxy) is 2. The topological polar surface area (TPSA) is 64.8 Å². The van der Waals surface area contributed by atoms with E-state index in [1.807, 2.05) is 32.6 Å². The number of hydrogen-bond donors (Lipinski definition) is 1. The zero-order valence-electron chi connectivity index (χ0n) is 12.6. The van der Waals surface area contributed by atoms with Crippen LogP contribution < -0.4 is 5.73 Å². The molecule has 0 aromatic carbocycles. The van der Waals surface area contributed by atoms with Crippen LogP contribution in [0.25, 0.3) is 0 Å². The van der Waals surface area contributed by atoms with Gasteiger partial charge in [-0.15, -0.1) is 0 Å². The third kappa shape index (κ3) is 2.46. The molecule has 110 valence electrons. The maximum absolute atomic E-state index is 12.2. The molecule has 5 nitrogen and oxygen atoms in total. The Morgan fingerprint density at radius 2 is 2.00 bits per heavy atom. The molecular formula is C14H26N2O3. The molecule has 3 fully saturated rings. The Kier molecular flexibility index (Phi) is 3.56. The van der Waals surface area contributed by atoms with Crippen molar-refractivity contribution in [3.63, 3.8) is 0 Å². The number of hydrogen-bond acceptors (Lipinski definition) is 4. The summed E-state index contributed by atoms with van der Waals surface area (Å²) < 4.78 is 11.1. The Bertz CT molecular complexity index is 360. The molecule has 0 aromatic heterocycles. The molecule has 19 heavy (non-hydrogen) atoms. The largest absolute Gasteiger partial charge is 0.444 e. The van der Waals surface area contributed by atoms with Crippen LogP contribution in [0.4, 0.5) is 4.79 Å². The van der Waals surface area contributed by atoms with Gasteiger partial charge in [0.1, 0.15) is 5.60 Å². The molecule has 1 amide bonds. The quantitative estimate of drug-likeness (QED) is 0.846. The van der Waals surface area contributed by atoms with Gasteiger partial charge in [0.15, 0.2) is 0 Å². The van der Waals surface area contributed by atoms with E-state index in [1.165, 1.54) is 0 Å². The molecule has 0 aromatic rings. The van der Waals surface area contributed by atoms with Crippen LogP contribution in [0.5, 0.6) is 0 Å². The average Bonchev–Trinajstić information content (AvgIpc) is 2.85. The van der Waals surface area contributed by atoms with E-state index in [4.69, 9.17) is 15.2 Å². The van der Waals surface area contributed by atoms with E-state index in [0.29, 0.717) is 18.4 Å². The highest BCUT2D eigenvalue weighted by atomic mass is 16.6. The Hall–Kier alpha value is -0.810. The van der Waals surface area contributed by atoms with Crippen molar-refractivity contribution in [2.45, 2.75) is 51.4 Å². The Morgan fingerprint density at radius 1 is 1.37 bits per heavy atom. The minimum atomic E-state index is -0.446. The van der Waals surface area contributed by atoms with E-state index < -0.39 is 5.60 Å². The summed E-state index contributed by atoms with van der Waals surface area (Å²) in [4.78, 5) is 14.0. The number of nitrogens with zero attached hydrogens (tertiary/aromatic N) is 1. The van der Waals surface area contributed by atoms with E-state index in [1.54, 1.807) is 7.11 Å². The molecule has 4 atom stereocenters. The molecule has 5 heteroatoms. The maximum atomic E-state index is 12.2. The van der Waals surface area contributed by atoms with Crippen molar-refractivity contribution in [3.8, 4) is 0 Å². The number of amides is 1. The summed E-state index contributed by atoms with van der Waals surface area (Å²) in [5, 5.41) is 0. The molecule has 2 saturated heterocycles. The van der Waals surface area contributed by atoms with Gasteiger partial charge in [-0.3, -0.25) is 0 Å². The first-order valence-corrected chi connectivity index (χ1v) is 6.96. The highest BCUT2D eigenvalue weighted by Crippen LogP contribution is 2.52. The van der Waals surface area contributed by atoms with Crippen molar-refractivity contribution in [2.75, 3.05) is 20.2 Å². The summed E-state index contributed by atoms with van der Waals surface area (Å²) in [5.74, 6) is 0.820.